The Hall–Kier alpha value is -1.42. The molecule has 2 aliphatic rings. The minimum absolute atomic E-state index is 0.0536. The maximum atomic E-state index is 14.1. The molecule has 1 aromatic carbocycles. The van der Waals surface area contributed by atoms with Gasteiger partial charge in [0.15, 0.2) is 0 Å². The molecule has 1 aromatic rings. The summed E-state index contributed by atoms with van der Waals surface area (Å²) in [5, 5.41) is 6.40. The van der Waals surface area contributed by atoms with Crippen molar-refractivity contribution in [2.24, 2.45) is 0 Å². The largest absolute Gasteiger partial charge is 0.349 e. The van der Waals surface area contributed by atoms with Gasteiger partial charge in [0.05, 0.1) is 0 Å². The zero-order valence-corrected chi connectivity index (χ0v) is 13.0. The van der Waals surface area contributed by atoms with Crippen molar-refractivity contribution in [1.29, 1.82) is 0 Å². The van der Waals surface area contributed by atoms with Gasteiger partial charge in [-0.15, -0.1) is 0 Å². The van der Waals surface area contributed by atoms with Crippen LogP contribution in [0.25, 0.3) is 0 Å². The Morgan fingerprint density at radius 1 is 1.09 bits per heavy atom. The Bertz CT molecular complexity index is 520. The number of nitrogens with one attached hydrogen (secondary N) is 2. The molecule has 1 saturated heterocycles. The normalized spacial score (nSPS) is 20.8. The van der Waals surface area contributed by atoms with Gasteiger partial charge < -0.3 is 10.6 Å². The highest BCUT2D eigenvalue weighted by Crippen LogP contribution is 2.28. The molecule has 0 aromatic heterocycles. The number of hydrogen-bond donors (Lipinski definition) is 2. The van der Waals surface area contributed by atoms with E-state index < -0.39 is 0 Å². The van der Waals surface area contributed by atoms with Crippen molar-refractivity contribution in [2.75, 3.05) is 13.1 Å². The quantitative estimate of drug-likeness (QED) is 0.899. The standard InChI is InChI=1S/C18H25FN2O/c19-17-7-6-14(12-16(17)13-8-10-20-11-9-13)18(22)21-15-4-2-1-3-5-15/h6-7,12-13,15,20H,1-5,8-11H2,(H,21,22). The third-order valence-electron chi connectivity index (χ3n) is 4.98. The second kappa shape index (κ2) is 7.23. The summed E-state index contributed by atoms with van der Waals surface area (Å²) in [5.41, 5.74) is 1.30. The molecule has 1 aliphatic heterocycles. The first-order valence-electron chi connectivity index (χ1n) is 8.55. The minimum Gasteiger partial charge on any atom is -0.349 e. The van der Waals surface area contributed by atoms with Crippen molar-refractivity contribution in [3.8, 4) is 0 Å². The van der Waals surface area contributed by atoms with Crippen LogP contribution in [0.5, 0.6) is 0 Å². The highest BCUT2D eigenvalue weighted by atomic mass is 19.1. The van der Waals surface area contributed by atoms with Gasteiger partial charge in [-0.25, -0.2) is 4.39 Å². The Morgan fingerprint density at radius 2 is 1.82 bits per heavy atom. The average molecular weight is 304 g/mol. The summed E-state index contributed by atoms with van der Waals surface area (Å²) in [4.78, 5) is 12.4. The summed E-state index contributed by atoms with van der Waals surface area (Å²) in [6.45, 7) is 1.84. The number of piperidine rings is 1. The van der Waals surface area contributed by atoms with Crippen LogP contribution < -0.4 is 10.6 Å². The molecule has 3 rings (SSSR count). The summed E-state index contributed by atoms with van der Waals surface area (Å²) in [6.07, 6.45) is 7.64. The lowest BCUT2D eigenvalue weighted by Crippen LogP contribution is -2.36. The van der Waals surface area contributed by atoms with Crippen molar-refractivity contribution in [1.82, 2.24) is 10.6 Å². The minimum atomic E-state index is -0.180. The number of carbonyl (C=O) groups is 1. The Kier molecular flexibility index (Phi) is 5.08. The van der Waals surface area contributed by atoms with Gasteiger partial charge in [-0.2, -0.15) is 0 Å². The second-order valence-corrected chi connectivity index (χ2v) is 6.57. The molecule has 0 bridgehead atoms. The predicted octanol–water partition coefficient (Wildman–Crippen LogP) is 3.36. The molecule has 2 fully saturated rings. The van der Waals surface area contributed by atoms with E-state index in [0.29, 0.717) is 11.1 Å². The molecule has 1 saturated carbocycles. The highest BCUT2D eigenvalue weighted by molar-refractivity contribution is 5.94. The summed E-state index contributed by atoms with van der Waals surface area (Å²) in [6, 6.07) is 5.11. The lowest BCUT2D eigenvalue weighted by Gasteiger charge is -2.25. The van der Waals surface area contributed by atoms with Crippen molar-refractivity contribution >= 4 is 5.91 Å². The van der Waals surface area contributed by atoms with Gasteiger partial charge in [0.1, 0.15) is 5.82 Å². The maximum absolute atomic E-state index is 14.1. The van der Waals surface area contributed by atoms with E-state index in [2.05, 4.69) is 10.6 Å². The van der Waals surface area contributed by atoms with E-state index in [1.165, 1.54) is 25.3 Å². The second-order valence-electron chi connectivity index (χ2n) is 6.57. The molecule has 1 amide bonds. The number of benzene rings is 1. The van der Waals surface area contributed by atoms with E-state index in [1.54, 1.807) is 12.1 Å². The third kappa shape index (κ3) is 3.67. The number of carbonyl (C=O) groups excluding carboxylic acids is 1. The van der Waals surface area contributed by atoms with E-state index in [-0.39, 0.29) is 23.7 Å². The van der Waals surface area contributed by atoms with Crippen LogP contribution in [-0.4, -0.2) is 25.0 Å². The third-order valence-corrected chi connectivity index (χ3v) is 4.98. The molecular formula is C18H25FN2O. The van der Waals surface area contributed by atoms with Crippen LogP contribution in [0.4, 0.5) is 4.39 Å². The summed E-state index contributed by atoms with van der Waals surface area (Å²) >= 11 is 0. The average Bonchev–Trinajstić information content (AvgIpc) is 2.57. The number of hydrogen-bond acceptors (Lipinski definition) is 2. The first kappa shape index (κ1) is 15.5. The summed E-state index contributed by atoms with van der Waals surface area (Å²) in [7, 11) is 0. The van der Waals surface area contributed by atoms with E-state index >= 15 is 0 Å². The first-order valence-corrected chi connectivity index (χ1v) is 8.55. The van der Waals surface area contributed by atoms with Gasteiger partial charge in [-0.3, -0.25) is 4.79 Å². The fourth-order valence-electron chi connectivity index (χ4n) is 3.65. The van der Waals surface area contributed by atoms with Crippen LogP contribution in [0.15, 0.2) is 18.2 Å². The first-order chi connectivity index (χ1) is 10.7. The van der Waals surface area contributed by atoms with E-state index in [4.69, 9.17) is 0 Å². The Morgan fingerprint density at radius 3 is 2.55 bits per heavy atom. The lowest BCUT2D eigenvalue weighted by atomic mass is 9.88. The molecule has 1 aliphatic carbocycles. The molecule has 2 N–H and O–H groups in total. The van der Waals surface area contributed by atoms with Crippen LogP contribution in [0.1, 0.15) is 66.8 Å². The summed E-state index contributed by atoms with van der Waals surface area (Å²) < 4.78 is 14.1. The van der Waals surface area contributed by atoms with Crippen molar-refractivity contribution in [3.05, 3.63) is 35.1 Å². The molecule has 0 unspecified atom stereocenters. The fourth-order valence-corrected chi connectivity index (χ4v) is 3.65. The Labute approximate surface area is 131 Å². The van der Waals surface area contributed by atoms with Gasteiger partial charge >= 0.3 is 0 Å². The molecule has 3 nitrogen and oxygen atoms in total. The van der Waals surface area contributed by atoms with Crippen molar-refractivity contribution in [2.45, 2.75) is 56.9 Å². The fraction of sp³-hybridized carbons (Fsp3) is 0.611. The van der Waals surface area contributed by atoms with Crippen molar-refractivity contribution < 1.29 is 9.18 Å². The van der Waals surface area contributed by atoms with Gasteiger partial charge in [0.2, 0.25) is 0 Å². The van der Waals surface area contributed by atoms with Gasteiger partial charge in [-0.1, -0.05) is 19.3 Å². The van der Waals surface area contributed by atoms with Crippen molar-refractivity contribution in [3.63, 3.8) is 0 Å². The monoisotopic (exact) mass is 304 g/mol. The van der Waals surface area contributed by atoms with Crippen LogP contribution >= 0.6 is 0 Å². The molecule has 0 atom stereocenters. The Balaban J connectivity index is 1.71. The van der Waals surface area contributed by atoms with E-state index in [9.17, 15) is 9.18 Å². The van der Waals surface area contributed by atoms with Crippen LogP contribution in [-0.2, 0) is 0 Å². The van der Waals surface area contributed by atoms with Gasteiger partial charge in [-0.05, 0) is 68.5 Å². The van der Waals surface area contributed by atoms with Gasteiger partial charge in [0, 0.05) is 11.6 Å². The molecule has 4 heteroatoms. The molecule has 0 radical (unpaired) electrons. The topological polar surface area (TPSA) is 41.1 Å². The predicted molar refractivity (Wildman–Crippen MR) is 85.6 cm³/mol. The summed E-state index contributed by atoms with van der Waals surface area (Å²) in [5.74, 6) is -0.00752. The number of halogens is 1. The molecule has 0 spiro atoms. The maximum Gasteiger partial charge on any atom is 0.251 e. The molecule has 1 heterocycles. The number of amides is 1. The van der Waals surface area contributed by atoms with Crippen LogP contribution in [0, 0.1) is 5.82 Å². The molecule has 120 valence electrons. The van der Waals surface area contributed by atoms with Crippen LogP contribution in [0.2, 0.25) is 0 Å². The highest BCUT2D eigenvalue weighted by Gasteiger charge is 2.21. The SMILES string of the molecule is O=C(NC1CCCCC1)c1ccc(F)c(C2CCNCC2)c1. The smallest absolute Gasteiger partial charge is 0.251 e. The zero-order chi connectivity index (χ0) is 15.4. The number of rotatable bonds is 3. The molecular weight excluding hydrogens is 279 g/mol. The van der Waals surface area contributed by atoms with E-state index in [1.807, 2.05) is 0 Å². The van der Waals surface area contributed by atoms with E-state index in [0.717, 1.165) is 38.8 Å². The van der Waals surface area contributed by atoms with Gasteiger partial charge in [0.25, 0.3) is 5.91 Å². The molecule has 22 heavy (non-hydrogen) atoms. The van der Waals surface area contributed by atoms with Crippen LogP contribution in [0.3, 0.4) is 0 Å². The zero-order valence-electron chi connectivity index (χ0n) is 13.0. The lowest BCUT2D eigenvalue weighted by molar-refractivity contribution is 0.0927.